The standard InChI is InChI=1S/C16H16N2O2S.C2HF3O2/c1-12(17)14-8-5-9-16-15(14)10-11-18(16)21(19,20)13-6-3-2-4-7-13;3-2(4,5)1(6)7/h2-12H,17H2,1H3;(H,6,7). The van der Waals surface area contributed by atoms with E-state index in [-0.39, 0.29) is 10.9 Å². The summed E-state index contributed by atoms with van der Waals surface area (Å²) in [6.45, 7) is 1.89. The van der Waals surface area contributed by atoms with Gasteiger partial charge in [0, 0.05) is 17.6 Å². The van der Waals surface area contributed by atoms with Gasteiger partial charge in [-0.05, 0) is 36.8 Å². The Labute approximate surface area is 159 Å². The topological polar surface area (TPSA) is 102 Å². The van der Waals surface area contributed by atoms with Crippen LogP contribution < -0.4 is 5.73 Å². The molecule has 0 aliphatic carbocycles. The van der Waals surface area contributed by atoms with Crippen molar-refractivity contribution in [2.75, 3.05) is 0 Å². The highest BCUT2D eigenvalue weighted by Gasteiger charge is 2.38. The van der Waals surface area contributed by atoms with Gasteiger partial charge in [0.1, 0.15) is 0 Å². The van der Waals surface area contributed by atoms with E-state index in [9.17, 15) is 21.6 Å². The Bertz CT molecular complexity index is 1080. The fourth-order valence-corrected chi connectivity index (χ4v) is 3.85. The zero-order valence-corrected chi connectivity index (χ0v) is 15.4. The highest BCUT2D eigenvalue weighted by molar-refractivity contribution is 7.90. The monoisotopic (exact) mass is 414 g/mol. The van der Waals surface area contributed by atoms with E-state index in [2.05, 4.69) is 0 Å². The van der Waals surface area contributed by atoms with Crippen LogP contribution in [0.25, 0.3) is 10.9 Å². The molecule has 3 rings (SSSR count). The normalized spacial score (nSPS) is 12.9. The first kappa shape index (κ1) is 21.5. The van der Waals surface area contributed by atoms with Gasteiger partial charge in [-0.3, -0.25) is 0 Å². The van der Waals surface area contributed by atoms with Crippen molar-refractivity contribution in [2.24, 2.45) is 5.73 Å². The van der Waals surface area contributed by atoms with Crippen LogP contribution in [0.4, 0.5) is 13.2 Å². The molecule has 28 heavy (non-hydrogen) atoms. The summed E-state index contributed by atoms with van der Waals surface area (Å²) in [7, 11) is -3.59. The number of carbonyl (C=O) groups is 1. The molecule has 3 aromatic rings. The van der Waals surface area contributed by atoms with Gasteiger partial charge in [-0.25, -0.2) is 17.2 Å². The largest absolute Gasteiger partial charge is 0.490 e. The summed E-state index contributed by atoms with van der Waals surface area (Å²) in [5.41, 5.74) is 7.54. The molecular formula is C18H17F3N2O4S. The maximum atomic E-state index is 12.7. The number of hydrogen-bond acceptors (Lipinski definition) is 4. The Morgan fingerprint density at radius 2 is 1.64 bits per heavy atom. The van der Waals surface area contributed by atoms with Gasteiger partial charge in [-0.15, -0.1) is 0 Å². The summed E-state index contributed by atoms with van der Waals surface area (Å²) in [6.07, 6.45) is -3.50. The minimum absolute atomic E-state index is 0.149. The van der Waals surface area contributed by atoms with Crippen LogP contribution in [0, 0.1) is 0 Å². The molecule has 0 saturated heterocycles. The lowest BCUT2D eigenvalue weighted by atomic mass is 10.1. The fraction of sp³-hybridized carbons (Fsp3) is 0.167. The second-order valence-electron chi connectivity index (χ2n) is 5.80. The Morgan fingerprint density at radius 1 is 1.07 bits per heavy atom. The summed E-state index contributed by atoms with van der Waals surface area (Å²) in [4.78, 5) is 9.17. The third-order valence-corrected chi connectivity index (χ3v) is 5.47. The fourth-order valence-electron chi connectivity index (χ4n) is 2.48. The van der Waals surface area contributed by atoms with Crippen LogP contribution in [-0.4, -0.2) is 29.6 Å². The molecule has 10 heteroatoms. The molecule has 0 fully saturated rings. The summed E-state index contributed by atoms with van der Waals surface area (Å²) in [5, 5.41) is 7.99. The van der Waals surface area contributed by atoms with Crippen LogP contribution >= 0.6 is 0 Å². The molecule has 6 nitrogen and oxygen atoms in total. The number of nitrogens with two attached hydrogens (primary N) is 1. The Morgan fingerprint density at radius 3 is 2.14 bits per heavy atom. The van der Waals surface area contributed by atoms with Crippen molar-refractivity contribution in [1.29, 1.82) is 0 Å². The number of nitrogens with zero attached hydrogens (tertiary/aromatic N) is 1. The Kier molecular flexibility index (Phi) is 6.15. The highest BCUT2D eigenvalue weighted by Crippen LogP contribution is 2.27. The molecule has 0 aliphatic rings. The molecule has 1 aromatic heterocycles. The molecule has 0 radical (unpaired) electrons. The quantitative estimate of drug-likeness (QED) is 0.683. The molecule has 1 atom stereocenters. The van der Waals surface area contributed by atoms with Gasteiger partial charge in [0.15, 0.2) is 0 Å². The molecule has 1 unspecified atom stereocenters. The first-order valence-electron chi connectivity index (χ1n) is 7.92. The van der Waals surface area contributed by atoms with E-state index in [1.165, 1.54) is 3.97 Å². The molecular weight excluding hydrogens is 397 g/mol. The maximum Gasteiger partial charge on any atom is 0.490 e. The van der Waals surface area contributed by atoms with E-state index in [1.807, 2.05) is 19.1 Å². The molecule has 0 amide bonds. The first-order valence-corrected chi connectivity index (χ1v) is 9.36. The summed E-state index contributed by atoms with van der Waals surface area (Å²) >= 11 is 0. The van der Waals surface area contributed by atoms with Crippen molar-refractivity contribution in [1.82, 2.24) is 3.97 Å². The van der Waals surface area contributed by atoms with Gasteiger partial charge in [0.25, 0.3) is 10.0 Å². The van der Waals surface area contributed by atoms with Crippen LogP contribution in [0.2, 0.25) is 0 Å². The predicted octanol–water partition coefficient (Wildman–Crippen LogP) is 3.53. The van der Waals surface area contributed by atoms with Gasteiger partial charge in [0.05, 0.1) is 10.4 Å². The number of rotatable bonds is 3. The number of carboxylic acids is 1. The highest BCUT2D eigenvalue weighted by atomic mass is 32.2. The van der Waals surface area contributed by atoms with Crippen LogP contribution in [0.5, 0.6) is 0 Å². The van der Waals surface area contributed by atoms with E-state index < -0.39 is 22.2 Å². The third-order valence-electron chi connectivity index (χ3n) is 3.76. The van der Waals surface area contributed by atoms with Crippen molar-refractivity contribution < 1.29 is 31.5 Å². The van der Waals surface area contributed by atoms with Crippen molar-refractivity contribution >= 4 is 26.9 Å². The number of benzene rings is 2. The van der Waals surface area contributed by atoms with E-state index in [1.54, 1.807) is 48.7 Å². The van der Waals surface area contributed by atoms with Crippen LogP contribution in [0.15, 0.2) is 65.7 Å². The Balaban J connectivity index is 0.000000345. The lowest BCUT2D eigenvalue weighted by Crippen LogP contribution is -2.21. The number of aliphatic carboxylic acids is 1. The maximum absolute atomic E-state index is 12.7. The SMILES string of the molecule is CC(N)c1cccc2c1ccn2S(=O)(=O)c1ccccc1.O=C(O)C(F)(F)F. The molecule has 3 N–H and O–H groups in total. The van der Waals surface area contributed by atoms with Gasteiger partial charge >= 0.3 is 12.1 Å². The first-order chi connectivity index (χ1) is 13.0. The average Bonchev–Trinajstić information content (AvgIpc) is 3.07. The lowest BCUT2D eigenvalue weighted by Gasteiger charge is -2.10. The second kappa shape index (κ2) is 8.03. The van der Waals surface area contributed by atoms with Crippen molar-refractivity contribution in [3.8, 4) is 0 Å². The number of alkyl halides is 3. The van der Waals surface area contributed by atoms with Crippen LogP contribution in [-0.2, 0) is 14.8 Å². The minimum Gasteiger partial charge on any atom is -0.475 e. The zero-order valence-electron chi connectivity index (χ0n) is 14.6. The van der Waals surface area contributed by atoms with Gasteiger partial charge in [-0.2, -0.15) is 13.2 Å². The van der Waals surface area contributed by atoms with Crippen molar-refractivity contribution in [2.45, 2.75) is 24.0 Å². The summed E-state index contributed by atoms with van der Waals surface area (Å²) in [6, 6.07) is 15.6. The number of halogens is 3. The summed E-state index contributed by atoms with van der Waals surface area (Å²) in [5.74, 6) is -2.76. The molecule has 0 saturated carbocycles. The number of aromatic nitrogens is 1. The number of carboxylic acid groups (broad SMARTS) is 1. The van der Waals surface area contributed by atoms with Gasteiger partial charge in [0.2, 0.25) is 0 Å². The van der Waals surface area contributed by atoms with Gasteiger partial charge < -0.3 is 10.8 Å². The second-order valence-corrected chi connectivity index (χ2v) is 7.62. The predicted molar refractivity (Wildman–Crippen MR) is 97.3 cm³/mol. The van der Waals surface area contributed by atoms with Crippen molar-refractivity contribution in [3.63, 3.8) is 0 Å². The van der Waals surface area contributed by atoms with Crippen LogP contribution in [0.1, 0.15) is 18.5 Å². The molecule has 2 aromatic carbocycles. The van der Waals surface area contributed by atoms with E-state index >= 15 is 0 Å². The zero-order chi connectivity index (χ0) is 21.1. The van der Waals surface area contributed by atoms with Crippen LogP contribution in [0.3, 0.4) is 0 Å². The third kappa shape index (κ3) is 4.52. The summed E-state index contributed by atoms with van der Waals surface area (Å²) < 4.78 is 58.5. The van der Waals surface area contributed by atoms with E-state index in [4.69, 9.17) is 15.6 Å². The lowest BCUT2D eigenvalue weighted by molar-refractivity contribution is -0.192. The average molecular weight is 414 g/mol. The number of hydrogen-bond donors (Lipinski definition) is 2. The Hall–Kier alpha value is -2.85. The smallest absolute Gasteiger partial charge is 0.475 e. The molecule has 150 valence electrons. The van der Waals surface area contributed by atoms with E-state index in [0.717, 1.165) is 10.9 Å². The molecule has 0 aliphatic heterocycles. The molecule has 1 heterocycles. The van der Waals surface area contributed by atoms with Crippen molar-refractivity contribution in [3.05, 3.63) is 66.4 Å². The molecule has 0 spiro atoms. The van der Waals surface area contributed by atoms with E-state index in [0.29, 0.717) is 5.52 Å². The number of fused-ring (bicyclic) bond motifs is 1. The molecule has 0 bridgehead atoms. The van der Waals surface area contributed by atoms with Gasteiger partial charge in [-0.1, -0.05) is 30.3 Å². The minimum atomic E-state index is -5.08.